The number of carbonyl (C=O) groups is 1. The minimum absolute atomic E-state index is 0.117. The lowest BCUT2D eigenvalue weighted by molar-refractivity contribution is -0.124. The van der Waals surface area contributed by atoms with Crippen LogP contribution in [-0.4, -0.2) is 34.5 Å². The second kappa shape index (κ2) is 7.06. The molecule has 6 heteroatoms. The van der Waals surface area contributed by atoms with Crippen molar-refractivity contribution in [3.05, 3.63) is 0 Å². The molecule has 0 aromatic rings. The molecule has 0 heterocycles. The van der Waals surface area contributed by atoms with Crippen molar-refractivity contribution >= 4 is 34.5 Å². The van der Waals surface area contributed by atoms with E-state index in [1.165, 1.54) is 11.8 Å². The Morgan fingerprint density at radius 3 is 2.38 bits per heavy atom. The summed E-state index contributed by atoms with van der Waals surface area (Å²) in [5, 5.41) is 16.1. The normalized spacial score (nSPS) is 14.7. The second-order valence-electron chi connectivity index (χ2n) is 4.40. The van der Waals surface area contributed by atoms with Gasteiger partial charge in [-0.05, 0) is 11.7 Å². The van der Waals surface area contributed by atoms with E-state index in [2.05, 4.69) is 10.5 Å². The predicted octanol–water partition coefficient (Wildman–Crippen LogP) is 2.24. The van der Waals surface area contributed by atoms with Crippen LogP contribution in [0.15, 0.2) is 5.16 Å². The Balaban J connectivity index is 4.94. The maximum atomic E-state index is 11.8. The van der Waals surface area contributed by atoms with E-state index in [1.807, 2.05) is 27.0 Å². The van der Waals surface area contributed by atoms with Crippen LogP contribution in [0.2, 0.25) is 0 Å². The van der Waals surface area contributed by atoms with Gasteiger partial charge in [-0.25, -0.2) is 0 Å². The van der Waals surface area contributed by atoms with E-state index < -0.39 is 5.92 Å². The fourth-order valence-electron chi connectivity index (χ4n) is 1.31. The average Bonchev–Trinajstić information content (AvgIpc) is 2.21. The van der Waals surface area contributed by atoms with E-state index >= 15 is 0 Å². The van der Waals surface area contributed by atoms with Crippen molar-refractivity contribution in [2.75, 3.05) is 18.4 Å². The molecule has 0 fully saturated rings. The van der Waals surface area contributed by atoms with Gasteiger partial charge < -0.3 is 10.5 Å². The van der Waals surface area contributed by atoms with Crippen LogP contribution in [-0.2, 0) is 4.79 Å². The molecule has 0 aliphatic heterocycles. The van der Waals surface area contributed by atoms with Crippen LogP contribution in [0.4, 0.5) is 0 Å². The predicted molar refractivity (Wildman–Crippen MR) is 72.2 cm³/mol. The van der Waals surface area contributed by atoms with Crippen molar-refractivity contribution in [2.45, 2.75) is 20.8 Å². The number of oxime groups is 1. The number of nitrogens with zero attached hydrogens (tertiary/aromatic N) is 1. The summed E-state index contributed by atoms with van der Waals surface area (Å²) < 4.78 is 0. The third-order valence-electron chi connectivity index (χ3n) is 2.04. The summed E-state index contributed by atoms with van der Waals surface area (Å²) in [6, 6.07) is 0. The Hall–Kier alpha value is -0.360. The first-order chi connectivity index (χ1) is 7.38. The molecule has 4 nitrogen and oxygen atoms in total. The Labute approximate surface area is 106 Å². The average molecular weight is 264 g/mol. The van der Waals surface area contributed by atoms with E-state index in [1.54, 1.807) is 18.8 Å². The zero-order valence-electron chi connectivity index (χ0n) is 10.4. The Kier molecular flexibility index (Phi) is 6.90. The van der Waals surface area contributed by atoms with Gasteiger partial charge in [0.25, 0.3) is 0 Å². The molecule has 0 bridgehead atoms. The molecule has 0 rings (SSSR count). The lowest BCUT2D eigenvalue weighted by atomic mass is 9.81. The van der Waals surface area contributed by atoms with Crippen molar-refractivity contribution in [1.29, 1.82) is 0 Å². The monoisotopic (exact) mass is 264 g/mol. The third kappa shape index (κ3) is 4.65. The quantitative estimate of drug-likeness (QED) is 0.269. The third-order valence-corrected chi connectivity index (χ3v) is 4.07. The lowest BCUT2D eigenvalue weighted by Gasteiger charge is -2.29. The minimum Gasteiger partial charge on any atom is -0.410 e. The van der Waals surface area contributed by atoms with E-state index in [-0.39, 0.29) is 11.3 Å². The standard InChI is InChI=1S/C10H20N2O2S2/c1-10(2,3)7(8(13)11-4)9(12-14)16-6-15-5/h7,14H,6H2,1-5H3,(H,11,13). The zero-order valence-corrected chi connectivity index (χ0v) is 12.0. The Bertz CT molecular complexity index is 262. The maximum absolute atomic E-state index is 11.8. The molecule has 1 unspecified atom stereocenters. The summed E-state index contributed by atoms with van der Waals surface area (Å²) >= 11 is 3.03. The maximum Gasteiger partial charge on any atom is 0.230 e. The highest BCUT2D eigenvalue weighted by atomic mass is 32.2. The van der Waals surface area contributed by atoms with Crippen molar-refractivity contribution in [1.82, 2.24) is 5.32 Å². The smallest absolute Gasteiger partial charge is 0.230 e. The van der Waals surface area contributed by atoms with Gasteiger partial charge in [-0.15, -0.1) is 0 Å². The highest BCUT2D eigenvalue weighted by Crippen LogP contribution is 2.32. The summed E-state index contributed by atoms with van der Waals surface area (Å²) in [7, 11) is 1.59. The Morgan fingerprint density at radius 1 is 1.50 bits per heavy atom. The van der Waals surface area contributed by atoms with Gasteiger partial charge in [0.15, 0.2) is 0 Å². The number of carbonyl (C=O) groups excluding carboxylic acids is 1. The molecule has 16 heavy (non-hydrogen) atoms. The molecule has 94 valence electrons. The molecule has 1 amide bonds. The molecule has 0 aromatic heterocycles. The van der Waals surface area contributed by atoms with Crippen molar-refractivity contribution in [3.8, 4) is 0 Å². The molecule has 0 saturated heterocycles. The SMILES string of the molecule is CNC(=O)C(C(=NO)SCSC)C(C)(C)C. The molecule has 1 atom stereocenters. The van der Waals surface area contributed by atoms with Gasteiger partial charge in [0.05, 0.1) is 5.92 Å². The molecule has 0 aromatic carbocycles. The minimum atomic E-state index is -0.417. The molecule has 2 N–H and O–H groups in total. The first-order valence-electron chi connectivity index (χ1n) is 4.93. The molecule has 0 spiro atoms. The van der Waals surface area contributed by atoms with Gasteiger partial charge >= 0.3 is 0 Å². The van der Waals surface area contributed by atoms with E-state index in [0.717, 1.165) is 5.08 Å². The van der Waals surface area contributed by atoms with Gasteiger partial charge in [-0.1, -0.05) is 37.7 Å². The summed E-state index contributed by atoms with van der Waals surface area (Å²) in [5.41, 5.74) is -0.271. The lowest BCUT2D eigenvalue weighted by Crippen LogP contribution is -2.40. The van der Waals surface area contributed by atoms with Crippen LogP contribution in [0.5, 0.6) is 0 Å². The molecule has 0 saturated carbocycles. The number of hydrogen-bond acceptors (Lipinski definition) is 5. The molecular formula is C10H20N2O2S2. The number of amides is 1. The second-order valence-corrected chi connectivity index (χ2v) is 6.63. The van der Waals surface area contributed by atoms with Crippen LogP contribution >= 0.6 is 23.5 Å². The van der Waals surface area contributed by atoms with Crippen molar-refractivity contribution in [3.63, 3.8) is 0 Å². The topological polar surface area (TPSA) is 61.7 Å². The van der Waals surface area contributed by atoms with Crippen LogP contribution in [0, 0.1) is 11.3 Å². The highest BCUT2D eigenvalue weighted by molar-refractivity contribution is 8.23. The molecule has 0 radical (unpaired) electrons. The fourth-order valence-corrected chi connectivity index (χ4v) is 2.95. The molecule has 0 aliphatic rings. The van der Waals surface area contributed by atoms with Crippen LogP contribution in [0.1, 0.15) is 20.8 Å². The zero-order chi connectivity index (χ0) is 12.8. The van der Waals surface area contributed by atoms with E-state index in [9.17, 15) is 4.79 Å². The number of thioether (sulfide) groups is 2. The van der Waals surface area contributed by atoms with Crippen molar-refractivity contribution in [2.24, 2.45) is 16.5 Å². The summed E-state index contributed by atoms with van der Waals surface area (Å²) in [6.07, 6.45) is 1.97. The largest absolute Gasteiger partial charge is 0.410 e. The van der Waals surface area contributed by atoms with Gasteiger partial charge in [-0.3, -0.25) is 4.79 Å². The van der Waals surface area contributed by atoms with Gasteiger partial charge in [-0.2, -0.15) is 11.8 Å². The fraction of sp³-hybridized carbons (Fsp3) is 0.800. The van der Waals surface area contributed by atoms with Gasteiger partial charge in [0.2, 0.25) is 5.91 Å². The number of hydrogen-bond donors (Lipinski definition) is 2. The van der Waals surface area contributed by atoms with Crippen LogP contribution < -0.4 is 5.32 Å². The summed E-state index contributed by atoms with van der Waals surface area (Å²) in [6.45, 7) is 5.87. The van der Waals surface area contributed by atoms with Crippen LogP contribution in [0.25, 0.3) is 0 Å². The van der Waals surface area contributed by atoms with E-state index in [0.29, 0.717) is 5.04 Å². The van der Waals surface area contributed by atoms with Crippen molar-refractivity contribution < 1.29 is 10.0 Å². The first kappa shape index (κ1) is 15.6. The summed E-state index contributed by atoms with van der Waals surface area (Å²) in [5.74, 6) is -0.534. The van der Waals surface area contributed by atoms with Gasteiger partial charge in [0.1, 0.15) is 5.04 Å². The summed E-state index contributed by atoms with van der Waals surface area (Å²) in [4.78, 5) is 11.8. The van der Waals surface area contributed by atoms with Crippen LogP contribution in [0.3, 0.4) is 0 Å². The van der Waals surface area contributed by atoms with Gasteiger partial charge in [0, 0.05) is 12.1 Å². The highest BCUT2D eigenvalue weighted by Gasteiger charge is 2.35. The Morgan fingerprint density at radius 2 is 2.06 bits per heavy atom. The number of rotatable bonds is 4. The molecule has 0 aliphatic carbocycles. The first-order valence-corrected chi connectivity index (χ1v) is 7.31. The molecular weight excluding hydrogens is 244 g/mol. The number of nitrogens with one attached hydrogen (secondary N) is 1. The van der Waals surface area contributed by atoms with E-state index in [4.69, 9.17) is 5.21 Å².